The number of nitrogens with zero attached hydrogens (tertiary/aromatic N) is 2. The van der Waals surface area contributed by atoms with Gasteiger partial charge in [0.2, 0.25) is 0 Å². The molecule has 0 spiro atoms. The fourth-order valence-corrected chi connectivity index (χ4v) is 2.91. The third-order valence-electron chi connectivity index (χ3n) is 2.78. The molecule has 0 aliphatic heterocycles. The summed E-state index contributed by atoms with van der Waals surface area (Å²) >= 11 is 1.88. The third kappa shape index (κ3) is 5.13. The van der Waals surface area contributed by atoms with Crippen molar-refractivity contribution in [1.29, 1.82) is 0 Å². The van der Waals surface area contributed by atoms with E-state index in [0.717, 1.165) is 12.3 Å². The van der Waals surface area contributed by atoms with E-state index in [2.05, 4.69) is 44.3 Å². The average Bonchev–Trinajstić information content (AvgIpc) is 2.62. The zero-order chi connectivity index (χ0) is 12.9. The normalized spacial score (nSPS) is 13.9. The molecule has 1 aromatic heterocycles. The molecule has 1 atom stereocenters. The van der Waals surface area contributed by atoms with E-state index < -0.39 is 0 Å². The number of nitrogens with one attached hydrogen (secondary N) is 1. The molecule has 1 aromatic rings. The van der Waals surface area contributed by atoms with Crippen molar-refractivity contribution in [2.45, 2.75) is 45.1 Å². The largest absolute Gasteiger partial charge is 0.313 e. The maximum Gasteiger partial charge on any atom is 0.0625 e. The molecule has 17 heavy (non-hydrogen) atoms. The third-order valence-corrected chi connectivity index (χ3v) is 3.83. The van der Waals surface area contributed by atoms with Crippen LogP contribution in [0, 0.1) is 5.41 Å². The SMILES string of the molecule is CCCNC(CSc1cnn(C)c1)C(C)(C)C. The fourth-order valence-electron chi connectivity index (χ4n) is 1.59. The van der Waals surface area contributed by atoms with E-state index in [-0.39, 0.29) is 0 Å². The van der Waals surface area contributed by atoms with E-state index in [1.807, 2.05) is 29.7 Å². The Kier molecular flexibility index (Phi) is 5.53. The molecule has 0 radical (unpaired) electrons. The highest BCUT2D eigenvalue weighted by Gasteiger charge is 2.23. The van der Waals surface area contributed by atoms with Crippen LogP contribution < -0.4 is 5.32 Å². The molecule has 0 saturated carbocycles. The smallest absolute Gasteiger partial charge is 0.0625 e. The van der Waals surface area contributed by atoms with Crippen LogP contribution in [-0.2, 0) is 7.05 Å². The predicted octanol–water partition coefficient (Wildman–Crippen LogP) is 2.93. The monoisotopic (exact) mass is 255 g/mol. The molecule has 4 heteroatoms. The van der Waals surface area contributed by atoms with Crippen LogP contribution in [0.1, 0.15) is 34.1 Å². The van der Waals surface area contributed by atoms with Crippen molar-refractivity contribution in [2.75, 3.05) is 12.3 Å². The molecule has 98 valence electrons. The molecule has 0 aliphatic carbocycles. The van der Waals surface area contributed by atoms with Crippen LogP contribution in [0.15, 0.2) is 17.3 Å². The molecule has 1 unspecified atom stereocenters. The summed E-state index contributed by atoms with van der Waals surface area (Å²) in [5.41, 5.74) is 0.296. The standard InChI is InChI=1S/C13H25N3S/c1-6-7-14-12(13(2,3)4)10-17-11-8-15-16(5)9-11/h8-9,12,14H,6-7,10H2,1-5H3. The Morgan fingerprint density at radius 3 is 2.65 bits per heavy atom. The molecule has 0 aliphatic rings. The average molecular weight is 255 g/mol. The van der Waals surface area contributed by atoms with Gasteiger partial charge in [0, 0.05) is 29.9 Å². The molecule has 1 heterocycles. The Morgan fingerprint density at radius 1 is 1.47 bits per heavy atom. The van der Waals surface area contributed by atoms with Crippen LogP contribution in [0.5, 0.6) is 0 Å². The van der Waals surface area contributed by atoms with Crippen LogP contribution >= 0.6 is 11.8 Å². The second kappa shape index (κ2) is 6.45. The molecule has 0 bridgehead atoms. The van der Waals surface area contributed by atoms with Crippen molar-refractivity contribution in [3.8, 4) is 0 Å². The summed E-state index contributed by atoms with van der Waals surface area (Å²) in [6.45, 7) is 10.2. The van der Waals surface area contributed by atoms with E-state index in [1.165, 1.54) is 11.3 Å². The summed E-state index contributed by atoms with van der Waals surface area (Å²) in [5.74, 6) is 1.09. The number of aromatic nitrogens is 2. The molecule has 0 fully saturated rings. The molecule has 3 nitrogen and oxygen atoms in total. The Bertz CT molecular complexity index is 328. The van der Waals surface area contributed by atoms with Gasteiger partial charge in [0.1, 0.15) is 0 Å². The molecular weight excluding hydrogens is 230 g/mol. The van der Waals surface area contributed by atoms with Crippen LogP contribution in [0.3, 0.4) is 0 Å². The van der Waals surface area contributed by atoms with Gasteiger partial charge in [-0.1, -0.05) is 27.7 Å². The Balaban J connectivity index is 2.49. The van der Waals surface area contributed by atoms with E-state index in [9.17, 15) is 0 Å². The number of hydrogen-bond acceptors (Lipinski definition) is 3. The second-order valence-corrected chi connectivity index (χ2v) is 6.63. The lowest BCUT2D eigenvalue weighted by atomic mass is 9.88. The van der Waals surface area contributed by atoms with Gasteiger partial charge in [0.15, 0.2) is 0 Å². The summed E-state index contributed by atoms with van der Waals surface area (Å²) in [5, 5.41) is 7.83. The van der Waals surface area contributed by atoms with Gasteiger partial charge in [-0.25, -0.2) is 0 Å². The highest BCUT2D eigenvalue weighted by Crippen LogP contribution is 2.26. The van der Waals surface area contributed by atoms with Crippen molar-refractivity contribution in [3.63, 3.8) is 0 Å². The van der Waals surface area contributed by atoms with Crippen LogP contribution in [0.25, 0.3) is 0 Å². The summed E-state index contributed by atoms with van der Waals surface area (Å²) < 4.78 is 1.86. The summed E-state index contributed by atoms with van der Waals surface area (Å²) in [4.78, 5) is 1.25. The van der Waals surface area contributed by atoms with Crippen molar-refractivity contribution >= 4 is 11.8 Å². The first-order chi connectivity index (χ1) is 7.93. The van der Waals surface area contributed by atoms with Gasteiger partial charge in [-0.3, -0.25) is 4.68 Å². The Morgan fingerprint density at radius 2 is 2.18 bits per heavy atom. The van der Waals surface area contributed by atoms with Gasteiger partial charge >= 0.3 is 0 Å². The number of aryl methyl sites for hydroxylation is 1. The van der Waals surface area contributed by atoms with Crippen molar-refractivity contribution < 1.29 is 0 Å². The van der Waals surface area contributed by atoms with Crippen LogP contribution in [0.4, 0.5) is 0 Å². The number of rotatable bonds is 6. The lowest BCUT2D eigenvalue weighted by molar-refractivity contribution is 0.292. The molecular formula is C13H25N3S. The van der Waals surface area contributed by atoms with Crippen LogP contribution in [0.2, 0.25) is 0 Å². The maximum absolute atomic E-state index is 4.19. The lowest BCUT2D eigenvalue weighted by Gasteiger charge is -2.31. The van der Waals surface area contributed by atoms with Crippen molar-refractivity contribution in [3.05, 3.63) is 12.4 Å². The fraction of sp³-hybridized carbons (Fsp3) is 0.769. The predicted molar refractivity (Wildman–Crippen MR) is 75.5 cm³/mol. The summed E-state index contributed by atoms with van der Waals surface area (Å²) in [7, 11) is 1.96. The van der Waals surface area contributed by atoms with Gasteiger partial charge in [0.05, 0.1) is 6.20 Å². The lowest BCUT2D eigenvalue weighted by Crippen LogP contribution is -2.42. The van der Waals surface area contributed by atoms with Gasteiger partial charge < -0.3 is 5.32 Å². The number of thioether (sulfide) groups is 1. The number of hydrogen-bond donors (Lipinski definition) is 1. The first-order valence-corrected chi connectivity index (χ1v) is 7.27. The molecule has 0 saturated heterocycles. The zero-order valence-electron chi connectivity index (χ0n) is 11.7. The van der Waals surface area contributed by atoms with Gasteiger partial charge in [-0.05, 0) is 18.4 Å². The molecule has 1 rings (SSSR count). The highest BCUT2D eigenvalue weighted by molar-refractivity contribution is 7.99. The van der Waals surface area contributed by atoms with Gasteiger partial charge in [0.25, 0.3) is 0 Å². The summed E-state index contributed by atoms with van der Waals surface area (Å²) in [6.07, 6.45) is 5.19. The van der Waals surface area contributed by atoms with Crippen LogP contribution in [-0.4, -0.2) is 28.1 Å². The first kappa shape index (κ1) is 14.6. The van der Waals surface area contributed by atoms with E-state index in [1.54, 1.807) is 0 Å². The van der Waals surface area contributed by atoms with E-state index in [4.69, 9.17) is 0 Å². The van der Waals surface area contributed by atoms with Crippen molar-refractivity contribution in [1.82, 2.24) is 15.1 Å². The maximum atomic E-state index is 4.19. The minimum Gasteiger partial charge on any atom is -0.313 e. The van der Waals surface area contributed by atoms with E-state index >= 15 is 0 Å². The Labute approximate surface area is 109 Å². The van der Waals surface area contributed by atoms with Gasteiger partial charge in [-0.15, -0.1) is 11.8 Å². The van der Waals surface area contributed by atoms with E-state index in [0.29, 0.717) is 11.5 Å². The molecule has 1 N–H and O–H groups in total. The van der Waals surface area contributed by atoms with Gasteiger partial charge in [-0.2, -0.15) is 5.10 Å². The minimum atomic E-state index is 0.296. The minimum absolute atomic E-state index is 0.296. The summed E-state index contributed by atoms with van der Waals surface area (Å²) in [6, 6.07) is 0.535. The topological polar surface area (TPSA) is 29.9 Å². The quantitative estimate of drug-likeness (QED) is 0.793. The molecule has 0 aromatic carbocycles. The zero-order valence-corrected chi connectivity index (χ0v) is 12.5. The molecule has 0 amide bonds. The van der Waals surface area contributed by atoms with Crippen molar-refractivity contribution in [2.24, 2.45) is 12.5 Å². The first-order valence-electron chi connectivity index (χ1n) is 6.28. The highest BCUT2D eigenvalue weighted by atomic mass is 32.2. The Hall–Kier alpha value is -0.480. The second-order valence-electron chi connectivity index (χ2n) is 5.53.